The average Bonchev–Trinajstić information content (AvgIpc) is 3.04. The Bertz CT molecular complexity index is 559. The summed E-state index contributed by atoms with van der Waals surface area (Å²) in [7, 11) is 4.85. The molecule has 0 fully saturated rings. The van der Waals surface area contributed by atoms with Crippen molar-refractivity contribution in [1.82, 2.24) is 14.9 Å². The summed E-state index contributed by atoms with van der Waals surface area (Å²) < 4.78 is 18.1. The Morgan fingerprint density at radius 2 is 1.82 bits per heavy atom. The smallest absolute Gasteiger partial charge is 0.203 e. The highest BCUT2D eigenvalue weighted by Gasteiger charge is 2.13. The fourth-order valence-electron chi connectivity index (χ4n) is 2.31. The molecule has 2 aromatic rings. The van der Waals surface area contributed by atoms with Crippen LogP contribution < -0.4 is 19.5 Å². The summed E-state index contributed by atoms with van der Waals surface area (Å²) in [6.07, 6.45) is 5.56. The Morgan fingerprint density at radius 1 is 1.14 bits per heavy atom. The Balaban J connectivity index is 2.03. The van der Waals surface area contributed by atoms with Gasteiger partial charge in [-0.05, 0) is 24.6 Å². The first-order valence-electron chi connectivity index (χ1n) is 7.16. The fourth-order valence-corrected chi connectivity index (χ4v) is 2.31. The van der Waals surface area contributed by atoms with Crippen LogP contribution >= 0.6 is 0 Å². The van der Waals surface area contributed by atoms with Gasteiger partial charge in [-0.3, -0.25) is 0 Å². The first kappa shape index (κ1) is 16.2. The van der Waals surface area contributed by atoms with Crippen molar-refractivity contribution in [3.05, 3.63) is 36.4 Å². The number of hydrogen-bond acceptors (Lipinski definition) is 5. The van der Waals surface area contributed by atoms with Crippen LogP contribution in [0.25, 0.3) is 0 Å². The van der Waals surface area contributed by atoms with Gasteiger partial charge in [0.1, 0.15) is 0 Å². The van der Waals surface area contributed by atoms with Gasteiger partial charge in [-0.1, -0.05) is 0 Å². The van der Waals surface area contributed by atoms with Crippen molar-refractivity contribution < 1.29 is 14.2 Å². The lowest BCUT2D eigenvalue weighted by molar-refractivity contribution is 0.323. The maximum atomic E-state index is 5.37. The van der Waals surface area contributed by atoms with E-state index in [1.54, 1.807) is 27.5 Å². The summed E-state index contributed by atoms with van der Waals surface area (Å²) in [5.74, 6) is 1.95. The van der Waals surface area contributed by atoms with E-state index < -0.39 is 0 Å². The zero-order valence-electron chi connectivity index (χ0n) is 13.5. The van der Waals surface area contributed by atoms with Gasteiger partial charge in [0, 0.05) is 31.5 Å². The van der Waals surface area contributed by atoms with Crippen molar-refractivity contribution in [3.63, 3.8) is 0 Å². The van der Waals surface area contributed by atoms with Gasteiger partial charge in [0.05, 0.1) is 27.7 Å². The van der Waals surface area contributed by atoms with E-state index in [0.717, 1.165) is 12.1 Å². The van der Waals surface area contributed by atoms with E-state index in [2.05, 4.69) is 17.2 Å². The number of methoxy groups -OCH3 is 3. The number of aromatic nitrogens is 2. The summed E-state index contributed by atoms with van der Waals surface area (Å²) in [5.41, 5.74) is 1.08. The first-order chi connectivity index (χ1) is 10.7. The fraction of sp³-hybridized carbons (Fsp3) is 0.438. The van der Waals surface area contributed by atoms with E-state index >= 15 is 0 Å². The molecule has 22 heavy (non-hydrogen) atoms. The summed E-state index contributed by atoms with van der Waals surface area (Å²) in [6.45, 7) is 3.72. The second-order valence-electron chi connectivity index (χ2n) is 5.08. The minimum Gasteiger partial charge on any atom is -0.493 e. The number of nitrogens with one attached hydrogen (secondary N) is 1. The maximum absolute atomic E-state index is 5.37. The van der Waals surface area contributed by atoms with Crippen LogP contribution in [0.3, 0.4) is 0 Å². The molecule has 0 aliphatic heterocycles. The van der Waals surface area contributed by atoms with Crippen molar-refractivity contribution in [2.75, 3.05) is 21.3 Å². The van der Waals surface area contributed by atoms with E-state index in [1.165, 1.54) is 0 Å². The molecule has 1 atom stereocenters. The Labute approximate surface area is 131 Å². The van der Waals surface area contributed by atoms with Crippen LogP contribution in [0.1, 0.15) is 12.5 Å². The van der Waals surface area contributed by atoms with E-state index in [4.69, 9.17) is 14.2 Å². The molecule has 0 saturated heterocycles. The van der Waals surface area contributed by atoms with Crippen LogP contribution in [-0.4, -0.2) is 36.9 Å². The summed E-state index contributed by atoms with van der Waals surface area (Å²) in [5, 5.41) is 3.48. The third-order valence-corrected chi connectivity index (χ3v) is 3.42. The minimum absolute atomic E-state index is 0.313. The SMILES string of the molecule is COc1cc(CN[C@@H](C)Cn2ccnc2)cc(OC)c1OC. The van der Waals surface area contributed by atoms with Crippen LogP contribution in [0.15, 0.2) is 30.9 Å². The second kappa shape index (κ2) is 7.70. The summed E-state index contributed by atoms with van der Waals surface area (Å²) in [6, 6.07) is 4.23. The van der Waals surface area contributed by atoms with Gasteiger partial charge in [0.25, 0.3) is 0 Å². The van der Waals surface area contributed by atoms with Crippen LogP contribution in [0.4, 0.5) is 0 Å². The number of imidazole rings is 1. The third kappa shape index (κ3) is 3.92. The van der Waals surface area contributed by atoms with Gasteiger partial charge in [-0.2, -0.15) is 0 Å². The highest BCUT2D eigenvalue weighted by atomic mass is 16.5. The van der Waals surface area contributed by atoms with E-state index in [9.17, 15) is 0 Å². The van der Waals surface area contributed by atoms with Gasteiger partial charge in [0.2, 0.25) is 5.75 Å². The van der Waals surface area contributed by atoms with Crippen molar-refractivity contribution >= 4 is 0 Å². The number of nitrogens with zero attached hydrogens (tertiary/aromatic N) is 2. The van der Waals surface area contributed by atoms with Crippen LogP contribution in [0.5, 0.6) is 17.2 Å². The highest BCUT2D eigenvalue weighted by Crippen LogP contribution is 2.38. The topological polar surface area (TPSA) is 57.5 Å². The molecule has 0 unspecified atom stereocenters. The molecule has 0 aliphatic carbocycles. The van der Waals surface area contributed by atoms with Crippen molar-refractivity contribution in [2.45, 2.75) is 26.1 Å². The van der Waals surface area contributed by atoms with Crippen LogP contribution in [0, 0.1) is 0 Å². The lowest BCUT2D eigenvalue weighted by Gasteiger charge is -2.17. The first-order valence-corrected chi connectivity index (χ1v) is 7.16. The van der Waals surface area contributed by atoms with Crippen molar-refractivity contribution in [1.29, 1.82) is 0 Å². The molecule has 0 amide bonds. The van der Waals surface area contributed by atoms with Crippen LogP contribution in [-0.2, 0) is 13.1 Å². The highest BCUT2D eigenvalue weighted by molar-refractivity contribution is 5.53. The predicted molar refractivity (Wildman–Crippen MR) is 84.6 cm³/mol. The minimum atomic E-state index is 0.313. The Morgan fingerprint density at radius 3 is 2.32 bits per heavy atom. The van der Waals surface area contributed by atoms with E-state index in [-0.39, 0.29) is 0 Å². The second-order valence-corrected chi connectivity index (χ2v) is 5.08. The lowest BCUT2D eigenvalue weighted by Crippen LogP contribution is -2.29. The normalized spacial score (nSPS) is 12.0. The van der Waals surface area contributed by atoms with Gasteiger partial charge < -0.3 is 24.1 Å². The Kier molecular flexibility index (Phi) is 5.66. The molecule has 1 aromatic carbocycles. The summed E-state index contributed by atoms with van der Waals surface area (Å²) in [4.78, 5) is 4.05. The molecule has 0 bridgehead atoms. The third-order valence-electron chi connectivity index (χ3n) is 3.42. The molecule has 0 saturated carbocycles. The number of hydrogen-bond donors (Lipinski definition) is 1. The quantitative estimate of drug-likeness (QED) is 0.809. The number of benzene rings is 1. The zero-order chi connectivity index (χ0) is 15.9. The maximum Gasteiger partial charge on any atom is 0.203 e. The molecular formula is C16H23N3O3. The van der Waals surface area contributed by atoms with Gasteiger partial charge in [0.15, 0.2) is 11.5 Å². The number of ether oxygens (including phenoxy) is 3. The van der Waals surface area contributed by atoms with Gasteiger partial charge in [-0.15, -0.1) is 0 Å². The van der Waals surface area contributed by atoms with E-state index in [0.29, 0.717) is 29.8 Å². The number of rotatable bonds is 8. The molecule has 1 heterocycles. The molecule has 120 valence electrons. The Hall–Kier alpha value is -2.21. The molecule has 6 heteroatoms. The molecule has 0 spiro atoms. The molecule has 1 N–H and O–H groups in total. The van der Waals surface area contributed by atoms with Gasteiger partial charge in [-0.25, -0.2) is 4.98 Å². The predicted octanol–water partition coefficient (Wildman–Crippen LogP) is 2.09. The molecular weight excluding hydrogens is 282 g/mol. The standard InChI is InChI=1S/C16H23N3O3/c1-12(10-19-6-5-17-11-19)18-9-13-7-14(20-2)16(22-4)15(8-13)21-3/h5-8,11-12,18H,9-10H2,1-4H3/t12-/m0/s1. The lowest BCUT2D eigenvalue weighted by atomic mass is 10.1. The van der Waals surface area contributed by atoms with Crippen molar-refractivity contribution in [3.8, 4) is 17.2 Å². The molecule has 0 radical (unpaired) electrons. The van der Waals surface area contributed by atoms with E-state index in [1.807, 2.05) is 29.2 Å². The molecule has 1 aromatic heterocycles. The molecule has 2 rings (SSSR count). The average molecular weight is 305 g/mol. The van der Waals surface area contributed by atoms with Crippen molar-refractivity contribution in [2.24, 2.45) is 0 Å². The monoisotopic (exact) mass is 305 g/mol. The zero-order valence-corrected chi connectivity index (χ0v) is 13.5. The largest absolute Gasteiger partial charge is 0.493 e. The summed E-state index contributed by atoms with van der Waals surface area (Å²) >= 11 is 0. The molecule has 6 nitrogen and oxygen atoms in total. The van der Waals surface area contributed by atoms with Gasteiger partial charge >= 0.3 is 0 Å². The van der Waals surface area contributed by atoms with Crippen LogP contribution in [0.2, 0.25) is 0 Å². The molecule has 0 aliphatic rings.